The van der Waals surface area contributed by atoms with E-state index < -0.39 is 43.1 Å². The number of benzene rings is 1. The van der Waals surface area contributed by atoms with E-state index in [1.807, 2.05) is 0 Å². The van der Waals surface area contributed by atoms with Crippen LogP contribution >= 0.6 is 0 Å². The zero-order valence-corrected chi connectivity index (χ0v) is 10.3. The van der Waals surface area contributed by atoms with Gasteiger partial charge in [-0.3, -0.25) is 4.79 Å². The van der Waals surface area contributed by atoms with Crippen LogP contribution in [0.1, 0.15) is 5.56 Å². The van der Waals surface area contributed by atoms with E-state index in [-0.39, 0.29) is 5.56 Å². The Bertz CT molecular complexity index is 461. The molecule has 0 amide bonds. The van der Waals surface area contributed by atoms with E-state index >= 15 is 0 Å². The van der Waals surface area contributed by atoms with Crippen molar-refractivity contribution in [2.24, 2.45) is 5.73 Å². The molecule has 0 aromatic heterocycles. The molecule has 0 aliphatic rings. The molecular formula is C12H13F4NO3. The van der Waals surface area contributed by atoms with E-state index in [1.54, 1.807) is 0 Å². The highest BCUT2D eigenvalue weighted by atomic mass is 19.4. The van der Waals surface area contributed by atoms with Crippen molar-refractivity contribution < 1.29 is 32.2 Å². The number of carboxylic acids is 1. The van der Waals surface area contributed by atoms with Gasteiger partial charge in [-0.1, -0.05) is 12.1 Å². The van der Waals surface area contributed by atoms with Gasteiger partial charge in [0.25, 0.3) is 0 Å². The number of ether oxygens (including phenoxy) is 1. The Hall–Kier alpha value is -1.67. The Labute approximate surface area is 112 Å². The molecule has 1 rings (SSSR count). The normalized spacial score (nSPS) is 14.8. The molecule has 0 heterocycles. The standard InChI is InChI=1S/C12H13F4NO3/c13-9-3-1-8(2-4-9)11(5-17,10(18)19)6-20-7-12(14,15)16/h1-4H,5-7,17H2,(H,18,19). The number of hydrogen-bond donors (Lipinski definition) is 2. The van der Waals surface area contributed by atoms with Crippen LogP contribution in [0.2, 0.25) is 0 Å². The number of alkyl halides is 3. The molecule has 3 N–H and O–H groups in total. The second kappa shape index (κ2) is 6.19. The summed E-state index contributed by atoms with van der Waals surface area (Å²) >= 11 is 0. The fourth-order valence-corrected chi connectivity index (χ4v) is 1.64. The summed E-state index contributed by atoms with van der Waals surface area (Å²) in [5.41, 5.74) is 3.62. The van der Waals surface area contributed by atoms with Crippen LogP contribution in [-0.4, -0.2) is 37.0 Å². The van der Waals surface area contributed by atoms with Gasteiger partial charge in [0.15, 0.2) is 0 Å². The first-order valence-corrected chi connectivity index (χ1v) is 5.55. The summed E-state index contributed by atoms with van der Waals surface area (Å²) in [6.45, 7) is -2.82. The first-order chi connectivity index (χ1) is 9.21. The van der Waals surface area contributed by atoms with E-state index in [1.165, 1.54) is 0 Å². The van der Waals surface area contributed by atoms with Gasteiger partial charge in [-0.25, -0.2) is 4.39 Å². The number of nitrogens with two attached hydrogens (primary N) is 1. The molecule has 0 saturated heterocycles. The SMILES string of the molecule is NCC(COCC(F)(F)F)(C(=O)O)c1ccc(F)cc1. The molecule has 1 aromatic rings. The fourth-order valence-electron chi connectivity index (χ4n) is 1.64. The third-order valence-corrected chi connectivity index (χ3v) is 2.77. The van der Waals surface area contributed by atoms with Crippen molar-refractivity contribution >= 4 is 5.97 Å². The van der Waals surface area contributed by atoms with Crippen LogP contribution in [0.4, 0.5) is 17.6 Å². The molecule has 0 aliphatic heterocycles. The second-order valence-electron chi connectivity index (χ2n) is 4.21. The molecule has 1 aromatic carbocycles. The predicted molar refractivity (Wildman–Crippen MR) is 61.6 cm³/mol. The quantitative estimate of drug-likeness (QED) is 0.783. The Morgan fingerprint density at radius 2 is 1.75 bits per heavy atom. The Morgan fingerprint density at radius 3 is 2.15 bits per heavy atom. The van der Waals surface area contributed by atoms with Gasteiger partial charge in [0.2, 0.25) is 0 Å². The molecule has 0 spiro atoms. The maximum Gasteiger partial charge on any atom is 0.411 e. The average Bonchev–Trinajstić information content (AvgIpc) is 2.34. The number of hydrogen-bond acceptors (Lipinski definition) is 3. The lowest BCUT2D eigenvalue weighted by Gasteiger charge is -2.28. The first kappa shape index (κ1) is 16.4. The summed E-state index contributed by atoms with van der Waals surface area (Å²) < 4.78 is 53.4. The van der Waals surface area contributed by atoms with Gasteiger partial charge in [-0.05, 0) is 17.7 Å². The summed E-state index contributed by atoms with van der Waals surface area (Å²) in [5, 5.41) is 9.24. The van der Waals surface area contributed by atoms with Crippen molar-refractivity contribution in [2.75, 3.05) is 19.8 Å². The van der Waals surface area contributed by atoms with Crippen LogP contribution in [0, 0.1) is 5.82 Å². The van der Waals surface area contributed by atoms with Gasteiger partial charge in [-0.2, -0.15) is 13.2 Å². The van der Waals surface area contributed by atoms with Crippen LogP contribution in [0.15, 0.2) is 24.3 Å². The van der Waals surface area contributed by atoms with Gasteiger partial charge >= 0.3 is 12.1 Å². The topological polar surface area (TPSA) is 72.5 Å². The summed E-state index contributed by atoms with van der Waals surface area (Å²) in [7, 11) is 0. The Kier molecular flexibility index (Phi) is 5.07. The summed E-state index contributed by atoms with van der Waals surface area (Å²) in [6.07, 6.45) is -4.57. The van der Waals surface area contributed by atoms with Gasteiger partial charge in [0.05, 0.1) is 6.61 Å². The van der Waals surface area contributed by atoms with Crippen molar-refractivity contribution in [1.29, 1.82) is 0 Å². The van der Waals surface area contributed by atoms with Gasteiger partial charge in [-0.15, -0.1) is 0 Å². The minimum atomic E-state index is -4.57. The molecule has 8 heteroatoms. The average molecular weight is 295 g/mol. The fraction of sp³-hybridized carbons (Fsp3) is 0.417. The second-order valence-corrected chi connectivity index (χ2v) is 4.21. The van der Waals surface area contributed by atoms with E-state index in [2.05, 4.69) is 4.74 Å². The van der Waals surface area contributed by atoms with E-state index in [0.29, 0.717) is 0 Å². The third kappa shape index (κ3) is 3.91. The molecule has 0 aliphatic carbocycles. The molecule has 0 saturated carbocycles. The van der Waals surface area contributed by atoms with Crippen LogP contribution in [-0.2, 0) is 14.9 Å². The molecule has 1 atom stereocenters. The highest BCUT2D eigenvalue weighted by Gasteiger charge is 2.41. The van der Waals surface area contributed by atoms with Gasteiger partial charge < -0.3 is 15.6 Å². The summed E-state index contributed by atoms with van der Waals surface area (Å²) in [4.78, 5) is 11.4. The zero-order chi connectivity index (χ0) is 15.4. The summed E-state index contributed by atoms with van der Waals surface area (Å²) in [5.74, 6) is -2.03. The van der Waals surface area contributed by atoms with Crippen molar-refractivity contribution in [1.82, 2.24) is 0 Å². The maximum atomic E-state index is 12.8. The first-order valence-electron chi connectivity index (χ1n) is 5.55. The van der Waals surface area contributed by atoms with Crippen molar-refractivity contribution in [2.45, 2.75) is 11.6 Å². The number of aliphatic carboxylic acids is 1. The van der Waals surface area contributed by atoms with Crippen LogP contribution < -0.4 is 5.73 Å². The number of rotatable bonds is 6. The van der Waals surface area contributed by atoms with Crippen LogP contribution in [0.25, 0.3) is 0 Å². The van der Waals surface area contributed by atoms with Crippen molar-refractivity contribution in [3.8, 4) is 0 Å². The lowest BCUT2D eigenvalue weighted by Crippen LogP contribution is -2.47. The molecule has 20 heavy (non-hydrogen) atoms. The van der Waals surface area contributed by atoms with Crippen molar-refractivity contribution in [3.05, 3.63) is 35.6 Å². The van der Waals surface area contributed by atoms with E-state index in [4.69, 9.17) is 5.73 Å². The monoisotopic (exact) mass is 295 g/mol. The minimum absolute atomic E-state index is 0.0797. The van der Waals surface area contributed by atoms with E-state index in [9.17, 15) is 27.5 Å². The number of carboxylic acid groups (broad SMARTS) is 1. The third-order valence-electron chi connectivity index (χ3n) is 2.77. The Morgan fingerprint density at radius 1 is 1.20 bits per heavy atom. The highest BCUT2D eigenvalue weighted by Crippen LogP contribution is 2.26. The van der Waals surface area contributed by atoms with Gasteiger partial charge in [0.1, 0.15) is 17.8 Å². The Balaban J connectivity index is 2.97. The summed E-state index contributed by atoms with van der Waals surface area (Å²) in [6, 6.07) is 4.33. The maximum absolute atomic E-state index is 12.8. The van der Waals surface area contributed by atoms with Crippen LogP contribution in [0.5, 0.6) is 0 Å². The van der Waals surface area contributed by atoms with E-state index in [0.717, 1.165) is 24.3 Å². The number of halogens is 4. The molecule has 112 valence electrons. The molecule has 0 bridgehead atoms. The molecule has 0 radical (unpaired) electrons. The largest absolute Gasteiger partial charge is 0.480 e. The number of carbonyl (C=O) groups is 1. The van der Waals surface area contributed by atoms with Crippen molar-refractivity contribution in [3.63, 3.8) is 0 Å². The van der Waals surface area contributed by atoms with Gasteiger partial charge in [0, 0.05) is 6.54 Å². The smallest absolute Gasteiger partial charge is 0.411 e. The molecule has 4 nitrogen and oxygen atoms in total. The lowest BCUT2D eigenvalue weighted by atomic mass is 9.81. The zero-order valence-electron chi connectivity index (χ0n) is 10.3. The lowest BCUT2D eigenvalue weighted by molar-refractivity contribution is -0.181. The molecular weight excluding hydrogens is 282 g/mol. The highest BCUT2D eigenvalue weighted by molar-refractivity contribution is 5.82. The predicted octanol–water partition coefficient (Wildman–Crippen LogP) is 1.69. The van der Waals surface area contributed by atoms with Crippen LogP contribution in [0.3, 0.4) is 0 Å². The minimum Gasteiger partial charge on any atom is -0.480 e. The molecule has 1 unspecified atom stereocenters. The molecule has 0 fully saturated rings.